The van der Waals surface area contributed by atoms with Crippen LogP contribution < -0.4 is 5.32 Å². The van der Waals surface area contributed by atoms with Crippen LogP contribution in [0.1, 0.15) is 23.6 Å². The fourth-order valence-electron chi connectivity index (χ4n) is 2.41. The lowest BCUT2D eigenvalue weighted by Crippen LogP contribution is -2.30. The summed E-state index contributed by atoms with van der Waals surface area (Å²) < 4.78 is 1.65. The molecular formula is C18H20N6OS. The third-order valence-corrected chi connectivity index (χ3v) is 4.96. The number of rotatable bonds is 6. The highest BCUT2D eigenvalue weighted by Crippen LogP contribution is 2.23. The Hall–Kier alpha value is -2.74. The Bertz CT molecular complexity index is 910. The third-order valence-electron chi connectivity index (χ3n) is 3.93. The molecule has 7 nitrogen and oxygen atoms in total. The standard InChI is InChI=1S/C18H20N6OS/c1-12-5-4-6-16(9-12)24-18(21-22-23-24)26-14(3)17(25)20-11-15-7-8-19-10-13(15)2/h4-10,14H,11H2,1-3H3,(H,20,25). The van der Waals surface area contributed by atoms with Gasteiger partial charge in [0, 0.05) is 18.9 Å². The van der Waals surface area contributed by atoms with E-state index in [0.717, 1.165) is 22.4 Å². The molecule has 1 aromatic carbocycles. The van der Waals surface area contributed by atoms with Crippen molar-refractivity contribution < 1.29 is 4.79 Å². The van der Waals surface area contributed by atoms with Gasteiger partial charge in [-0.15, -0.1) is 5.10 Å². The summed E-state index contributed by atoms with van der Waals surface area (Å²) in [7, 11) is 0. The highest BCUT2D eigenvalue weighted by Gasteiger charge is 2.19. The summed E-state index contributed by atoms with van der Waals surface area (Å²) in [5, 5.41) is 15.1. The van der Waals surface area contributed by atoms with Crippen molar-refractivity contribution in [3.63, 3.8) is 0 Å². The summed E-state index contributed by atoms with van der Waals surface area (Å²) >= 11 is 1.33. The van der Waals surface area contributed by atoms with Crippen LogP contribution in [0.15, 0.2) is 47.9 Å². The van der Waals surface area contributed by atoms with Crippen molar-refractivity contribution in [2.75, 3.05) is 0 Å². The minimum atomic E-state index is -0.327. The van der Waals surface area contributed by atoms with Gasteiger partial charge in [0.05, 0.1) is 10.9 Å². The molecule has 1 unspecified atom stereocenters. The molecule has 0 aliphatic rings. The van der Waals surface area contributed by atoms with Gasteiger partial charge in [0.15, 0.2) is 0 Å². The number of carbonyl (C=O) groups is 1. The van der Waals surface area contributed by atoms with Crippen LogP contribution in [0.25, 0.3) is 5.69 Å². The van der Waals surface area contributed by atoms with Gasteiger partial charge in [0.25, 0.3) is 0 Å². The normalized spacial score (nSPS) is 12.0. The molecule has 26 heavy (non-hydrogen) atoms. The Morgan fingerprint density at radius 1 is 1.31 bits per heavy atom. The molecular weight excluding hydrogens is 348 g/mol. The average Bonchev–Trinajstić information content (AvgIpc) is 3.09. The number of hydrogen-bond acceptors (Lipinski definition) is 6. The molecule has 2 heterocycles. The van der Waals surface area contributed by atoms with E-state index in [1.165, 1.54) is 11.8 Å². The number of tetrazole rings is 1. The van der Waals surface area contributed by atoms with Crippen LogP contribution in [-0.4, -0.2) is 36.3 Å². The summed E-state index contributed by atoms with van der Waals surface area (Å²) in [5.74, 6) is -0.0648. The summed E-state index contributed by atoms with van der Waals surface area (Å²) in [6.45, 7) is 6.30. The number of pyridine rings is 1. The maximum Gasteiger partial charge on any atom is 0.233 e. The summed E-state index contributed by atoms with van der Waals surface area (Å²) in [6.07, 6.45) is 3.51. The van der Waals surface area contributed by atoms with E-state index in [-0.39, 0.29) is 11.2 Å². The molecule has 2 aromatic heterocycles. The maximum atomic E-state index is 12.4. The number of benzene rings is 1. The topological polar surface area (TPSA) is 85.6 Å². The van der Waals surface area contributed by atoms with Gasteiger partial charge in [0.2, 0.25) is 11.1 Å². The van der Waals surface area contributed by atoms with Crippen LogP contribution in [0.3, 0.4) is 0 Å². The molecule has 0 bridgehead atoms. The molecule has 3 aromatic rings. The first-order valence-corrected chi connectivity index (χ1v) is 9.12. The summed E-state index contributed by atoms with van der Waals surface area (Å²) in [4.78, 5) is 16.5. The molecule has 1 atom stereocenters. The predicted molar refractivity (Wildman–Crippen MR) is 100 cm³/mol. The van der Waals surface area contributed by atoms with Gasteiger partial charge in [-0.05, 0) is 66.1 Å². The lowest BCUT2D eigenvalue weighted by molar-refractivity contribution is -0.120. The van der Waals surface area contributed by atoms with E-state index in [4.69, 9.17) is 0 Å². The van der Waals surface area contributed by atoms with Crippen LogP contribution >= 0.6 is 11.8 Å². The molecule has 0 spiro atoms. The van der Waals surface area contributed by atoms with E-state index >= 15 is 0 Å². The number of nitrogens with zero attached hydrogens (tertiary/aromatic N) is 5. The van der Waals surface area contributed by atoms with Crippen molar-refractivity contribution in [1.82, 2.24) is 30.5 Å². The minimum absolute atomic E-state index is 0.0648. The van der Waals surface area contributed by atoms with Crippen LogP contribution in [-0.2, 0) is 11.3 Å². The number of aryl methyl sites for hydroxylation is 2. The monoisotopic (exact) mass is 368 g/mol. The Kier molecular flexibility index (Phi) is 5.62. The zero-order valence-corrected chi connectivity index (χ0v) is 15.7. The van der Waals surface area contributed by atoms with E-state index in [1.54, 1.807) is 17.1 Å². The quantitative estimate of drug-likeness (QED) is 0.673. The molecule has 0 fully saturated rings. The molecule has 8 heteroatoms. The molecule has 0 saturated heterocycles. The molecule has 1 amide bonds. The SMILES string of the molecule is Cc1cccc(-n2nnnc2SC(C)C(=O)NCc2ccncc2C)c1. The average molecular weight is 368 g/mol. The largest absolute Gasteiger partial charge is 0.351 e. The molecule has 0 radical (unpaired) electrons. The first-order chi connectivity index (χ1) is 12.5. The lowest BCUT2D eigenvalue weighted by Gasteiger charge is -2.12. The number of hydrogen-bond donors (Lipinski definition) is 1. The fraction of sp³-hybridized carbons (Fsp3) is 0.278. The van der Waals surface area contributed by atoms with Crippen LogP contribution in [0, 0.1) is 13.8 Å². The fourth-order valence-corrected chi connectivity index (χ4v) is 3.24. The zero-order valence-electron chi connectivity index (χ0n) is 14.9. The van der Waals surface area contributed by atoms with Crippen LogP contribution in [0.4, 0.5) is 0 Å². The minimum Gasteiger partial charge on any atom is -0.351 e. The van der Waals surface area contributed by atoms with Crippen molar-refractivity contribution in [2.45, 2.75) is 37.7 Å². The predicted octanol–water partition coefficient (Wildman–Crippen LogP) is 2.47. The Morgan fingerprint density at radius 3 is 2.92 bits per heavy atom. The van der Waals surface area contributed by atoms with Crippen molar-refractivity contribution in [2.24, 2.45) is 0 Å². The second kappa shape index (κ2) is 8.09. The lowest BCUT2D eigenvalue weighted by atomic mass is 10.1. The van der Waals surface area contributed by atoms with E-state index in [2.05, 4.69) is 25.8 Å². The van der Waals surface area contributed by atoms with Crippen LogP contribution in [0.2, 0.25) is 0 Å². The van der Waals surface area contributed by atoms with E-state index in [0.29, 0.717) is 11.7 Å². The van der Waals surface area contributed by atoms with Gasteiger partial charge in [-0.2, -0.15) is 4.68 Å². The van der Waals surface area contributed by atoms with E-state index in [9.17, 15) is 4.79 Å². The molecule has 0 saturated carbocycles. The zero-order chi connectivity index (χ0) is 18.5. The molecule has 3 rings (SSSR count). The van der Waals surface area contributed by atoms with Gasteiger partial charge in [-0.25, -0.2) is 0 Å². The van der Waals surface area contributed by atoms with Crippen molar-refractivity contribution in [3.8, 4) is 5.69 Å². The Labute approximate surface area is 156 Å². The van der Waals surface area contributed by atoms with Crippen molar-refractivity contribution >= 4 is 17.7 Å². The first-order valence-electron chi connectivity index (χ1n) is 8.24. The maximum absolute atomic E-state index is 12.4. The van der Waals surface area contributed by atoms with Gasteiger partial charge >= 0.3 is 0 Å². The summed E-state index contributed by atoms with van der Waals surface area (Å²) in [5.41, 5.74) is 4.09. The Balaban J connectivity index is 1.65. The number of nitrogens with one attached hydrogen (secondary N) is 1. The number of amides is 1. The number of aromatic nitrogens is 5. The second-order valence-electron chi connectivity index (χ2n) is 5.99. The van der Waals surface area contributed by atoms with Gasteiger partial charge in [0.1, 0.15) is 0 Å². The number of thioether (sulfide) groups is 1. The van der Waals surface area contributed by atoms with Crippen LogP contribution in [0.5, 0.6) is 0 Å². The van der Waals surface area contributed by atoms with Gasteiger partial charge in [-0.3, -0.25) is 9.78 Å². The first kappa shape index (κ1) is 18.1. The van der Waals surface area contributed by atoms with E-state index in [1.807, 2.05) is 51.1 Å². The highest BCUT2D eigenvalue weighted by atomic mass is 32.2. The van der Waals surface area contributed by atoms with Gasteiger partial charge in [-0.1, -0.05) is 23.9 Å². The van der Waals surface area contributed by atoms with E-state index < -0.39 is 0 Å². The smallest absolute Gasteiger partial charge is 0.233 e. The highest BCUT2D eigenvalue weighted by molar-refractivity contribution is 8.00. The molecule has 1 N–H and O–H groups in total. The Morgan fingerprint density at radius 2 is 2.15 bits per heavy atom. The van der Waals surface area contributed by atoms with Crippen molar-refractivity contribution in [1.29, 1.82) is 0 Å². The van der Waals surface area contributed by atoms with Gasteiger partial charge < -0.3 is 5.32 Å². The summed E-state index contributed by atoms with van der Waals surface area (Å²) in [6, 6.07) is 9.80. The number of carbonyl (C=O) groups excluding carboxylic acids is 1. The molecule has 0 aliphatic heterocycles. The molecule has 134 valence electrons. The second-order valence-corrected chi connectivity index (χ2v) is 7.30. The van der Waals surface area contributed by atoms with Crippen molar-refractivity contribution in [3.05, 3.63) is 59.4 Å². The third kappa shape index (κ3) is 4.26. The molecule has 0 aliphatic carbocycles.